The van der Waals surface area contributed by atoms with Gasteiger partial charge in [-0.25, -0.2) is 4.39 Å². The number of aliphatic hydroxyl groups is 1. The molecule has 2 fully saturated rings. The van der Waals surface area contributed by atoms with E-state index in [0.29, 0.717) is 17.0 Å². The van der Waals surface area contributed by atoms with Crippen LogP contribution in [0.4, 0.5) is 10.1 Å². The number of aliphatic hydroxyl groups excluding tert-OH is 1. The van der Waals surface area contributed by atoms with E-state index < -0.39 is 0 Å². The third kappa shape index (κ3) is 3.57. The van der Waals surface area contributed by atoms with Crippen molar-refractivity contribution in [3.05, 3.63) is 29.0 Å². The average molecular weight is 326 g/mol. The van der Waals surface area contributed by atoms with Gasteiger partial charge in [0.15, 0.2) is 0 Å². The second-order valence-electron chi connectivity index (χ2n) is 7.07. The zero-order valence-electron chi connectivity index (χ0n) is 13.0. The van der Waals surface area contributed by atoms with Crippen molar-refractivity contribution in [3.8, 4) is 0 Å². The van der Waals surface area contributed by atoms with Crippen LogP contribution in [0.25, 0.3) is 0 Å². The molecule has 1 spiro atoms. The first-order valence-electron chi connectivity index (χ1n) is 8.42. The van der Waals surface area contributed by atoms with E-state index in [-0.39, 0.29) is 5.82 Å². The van der Waals surface area contributed by atoms with Crippen LogP contribution in [0.15, 0.2) is 18.2 Å². The Balaban J connectivity index is 1.58. The fourth-order valence-corrected chi connectivity index (χ4v) is 4.44. The zero-order chi connectivity index (χ0) is 15.6. The van der Waals surface area contributed by atoms with Crippen molar-refractivity contribution in [3.63, 3.8) is 0 Å². The number of piperidine rings is 1. The van der Waals surface area contributed by atoms with E-state index in [2.05, 4.69) is 4.90 Å². The molecule has 1 aliphatic heterocycles. The van der Waals surface area contributed by atoms with Gasteiger partial charge in [-0.1, -0.05) is 11.6 Å². The summed E-state index contributed by atoms with van der Waals surface area (Å²) in [5.74, 6) is 0.461. The zero-order valence-corrected chi connectivity index (χ0v) is 13.8. The second-order valence-corrected chi connectivity index (χ2v) is 7.51. The minimum atomic E-state index is -0.257. The van der Waals surface area contributed by atoms with Gasteiger partial charge in [-0.2, -0.15) is 0 Å². The minimum absolute atomic E-state index is 0.257. The van der Waals surface area contributed by atoms with E-state index in [1.54, 1.807) is 6.07 Å². The molecule has 2 nitrogen and oxygen atoms in total. The summed E-state index contributed by atoms with van der Waals surface area (Å²) in [5.41, 5.74) is 1.40. The quantitative estimate of drug-likeness (QED) is 0.875. The lowest BCUT2D eigenvalue weighted by Gasteiger charge is -2.46. The summed E-state index contributed by atoms with van der Waals surface area (Å²) >= 11 is 5.97. The van der Waals surface area contributed by atoms with Crippen molar-refractivity contribution in [2.75, 3.05) is 24.6 Å². The topological polar surface area (TPSA) is 23.5 Å². The van der Waals surface area contributed by atoms with Crippen LogP contribution in [0, 0.1) is 17.2 Å². The van der Waals surface area contributed by atoms with Crippen LogP contribution in [0.2, 0.25) is 5.02 Å². The Morgan fingerprint density at radius 3 is 2.41 bits per heavy atom. The lowest BCUT2D eigenvalue weighted by Crippen LogP contribution is -2.42. The second kappa shape index (κ2) is 6.76. The molecule has 2 aliphatic rings. The van der Waals surface area contributed by atoms with E-state index in [1.807, 2.05) is 6.07 Å². The molecule has 3 rings (SSSR count). The Morgan fingerprint density at radius 1 is 1.14 bits per heavy atom. The molecule has 0 radical (unpaired) electrons. The van der Waals surface area contributed by atoms with E-state index in [0.717, 1.165) is 31.1 Å². The van der Waals surface area contributed by atoms with Crippen LogP contribution in [0.3, 0.4) is 0 Å². The first kappa shape index (κ1) is 16.1. The predicted molar refractivity (Wildman–Crippen MR) is 89.0 cm³/mol. The van der Waals surface area contributed by atoms with Crippen molar-refractivity contribution in [1.82, 2.24) is 0 Å². The standard InChI is InChI=1S/C18H25ClFNO/c19-15-11-16(20)13-17(12-15)21-8-6-18(7-9-21)4-1-14(2-5-18)3-10-22/h11-14,22H,1-10H2. The summed E-state index contributed by atoms with van der Waals surface area (Å²) < 4.78 is 13.5. The van der Waals surface area contributed by atoms with Crippen LogP contribution in [-0.2, 0) is 0 Å². The van der Waals surface area contributed by atoms with Crippen LogP contribution in [0.1, 0.15) is 44.9 Å². The Hall–Kier alpha value is -0.800. The van der Waals surface area contributed by atoms with Crippen molar-refractivity contribution < 1.29 is 9.50 Å². The fraction of sp³-hybridized carbons (Fsp3) is 0.667. The van der Waals surface area contributed by atoms with Gasteiger partial charge in [0.1, 0.15) is 5.82 Å². The molecule has 0 aromatic heterocycles. The van der Waals surface area contributed by atoms with Crippen LogP contribution >= 0.6 is 11.6 Å². The Morgan fingerprint density at radius 2 is 1.82 bits per heavy atom. The summed E-state index contributed by atoms with van der Waals surface area (Å²) in [7, 11) is 0. The molecule has 1 aromatic carbocycles. The molecule has 4 heteroatoms. The molecule has 0 unspecified atom stereocenters. The van der Waals surface area contributed by atoms with E-state index in [4.69, 9.17) is 16.7 Å². The van der Waals surface area contributed by atoms with Gasteiger partial charge in [-0.05, 0) is 74.5 Å². The molecule has 0 amide bonds. The molecule has 1 aliphatic carbocycles. The molecule has 0 atom stereocenters. The number of nitrogens with zero attached hydrogens (tertiary/aromatic N) is 1. The first-order chi connectivity index (χ1) is 10.6. The van der Waals surface area contributed by atoms with E-state index in [9.17, 15) is 4.39 Å². The molecule has 122 valence electrons. The van der Waals surface area contributed by atoms with E-state index in [1.165, 1.54) is 44.6 Å². The fourth-order valence-electron chi connectivity index (χ4n) is 4.22. The SMILES string of the molecule is OCCC1CCC2(CC1)CCN(c1cc(F)cc(Cl)c1)CC2. The third-order valence-corrected chi connectivity index (χ3v) is 5.96. The maximum atomic E-state index is 13.5. The molecule has 22 heavy (non-hydrogen) atoms. The monoisotopic (exact) mass is 325 g/mol. The summed E-state index contributed by atoms with van der Waals surface area (Å²) in [6, 6.07) is 4.81. The van der Waals surface area contributed by atoms with Gasteiger partial charge < -0.3 is 10.0 Å². The maximum absolute atomic E-state index is 13.5. The normalized spacial score (nSPS) is 22.2. The highest BCUT2D eigenvalue weighted by Gasteiger charge is 2.37. The largest absolute Gasteiger partial charge is 0.396 e. The van der Waals surface area contributed by atoms with Crippen LogP contribution < -0.4 is 4.90 Å². The first-order valence-corrected chi connectivity index (χ1v) is 8.80. The Bertz CT molecular complexity index is 484. The highest BCUT2D eigenvalue weighted by Crippen LogP contribution is 2.47. The molecule has 1 saturated heterocycles. The number of benzene rings is 1. The number of halogens is 2. The van der Waals surface area contributed by atoms with Crippen molar-refractivity contribution >= 4 is 17.3 Å². The van der Waals surface area contributed by atoms with Crippen molar-refractivity contribution in [2.24, 2.45) is 11.3 Å². The Kier molecular flexibility index (Phi) is 4.94. The average Bonchev–Trinajstić information content (AvgIpc) is 2.50. The molecule has 1 aromatic rings. The molecular weight excluding hydrogens is 301 g/mol. The highest BCUT2D eigenvalue weighted by molar-refractivity contribution is 6.30. The number of hydrogen-bond donors (Lipinski definition) is 1. The highest BCUT2D eigenvalue weighted by atomic mass is 35.5. The lowest BCUT2D eigenvalue weighted by atomic mass is 9.65. The van der Waals surface area contributed by atoms with Gasteiger partial charge in [-0.15, -0.1) is 0 Å². The van der Waals surface area contributed by atoms with Gasteiger partial charge >= 0.3 is 0 Å². The van der Waals surface area contributed by atoms with Gasteiger partial charge in [0.2, 0.25) is 0 Å². The predicted octanol–water partition coefficient (Wildman–Crippen LogP) is 4.64. The maximum Gasteiger partial charge on any atom is 0.126 e. The number of anilines is 1. The lowest BCUT2D eigenvalue weighted by molar-refractivity contribution is 0.102. The number of hydrogen-bond acceptors (Lipinski definition) is 2. The van der Waals surface area contributed by atoms with Gasteiger partial charge in [-0.3, -0.25) is 0 Å². The van der Waals surface area contributed by atoms with Crippen molar-refractivity contribution in [2.45, 2.75) is 44.9 Å². The van der Waals surface area contributed by atoms with Crippen molar-refractivity contribution in [1.29, 1.82) is 0 Å². The molecule has 1 N–H and O–H groups in total. The molecular formula is C18H25ClFNO. The van der Waals surface area contributed by atoms with Crippen LogP contribution in [0.5, 0.6) is 0 Å². The summed E-state index contributed by atoms with van der Waals surface area (Å²) in [6.07, 6.45) is 8.42. The Labute approximate surface area is 137 Å². The summed E-state index contributed by atoms with van der Waals surface area (Å²) in [4.78, 5) is 2.26. The molecule has 0 bridgehead atoms. The smallest absolute Gasteiger partial charge is 0.126 e. The van der Waals surface area contributed by atoms with Gasteiger partial charge in [0.05, 0.1) is 0 Å². The number of rotatable bonds is 3. The van der Waals surface area contributed by atoms with Gasteiger partial charge in [0.25, 0.3) is 0 Å². The summed E-state index contributed by atoms with van der Waals surface area (Å²) in [6.45, 7) is 2.31. The third-order valence-electron chi connectivity index (χ3n) is 5.74. The summed E-state index contributed by atoms with van der Waals surface area (Å²) in [5, 5.41) is 9.55. The minimum Gasteiger partial charge on any atom is -0.396 e. The van der Waals surface area contributed by atoms with Crippen LogP contribution in [-0.4, -0.2) is 24.8 Å². The van der Waals surface area contributed by atoms with E-state index >= 15 is 0 Å². The van der Waals surface area contributed by atoms with Gasteiger partial charge in [0, 0.05) is 30.4 Å². The molecule has 1 saturated carbocycles. The molecule has 1 heterocycles.